The van der Waals surface area contributed by atoms with Gasteiger partial charge in [0.15, 0.2) is 0 Å². The van der Waals surface area contributed by atoms with Crippen LogP contribution in [-0.4, -0.2) is 12.6 Å². The highest BCUT2D eigenvalue weighted by atomic mass is 14.9. The minimum atomic E-state index is 0.696. The smallest absolute Gasteiger partial charge is 0.0214 e. The van der Waals surface area contributed by atoms with E-state index in [0.717, 1.165) is 18.9 Å². The monoisotopic (exact) mass is 179 g/mol. The molecule has 1 aliphatic carbocycles. The van der Waals surface area contributed by atoms with E-state index in [4.69, 9.17) is 0 Å². The van der Waals surface area contributed by atoms with E-state index < -0.39 is 0 Å². The Kier molecular flexibility index (Phi) is 4.93. The molecular weight excluding hydrogens is 158 g/mol. The standard InChI is InChI=1S/C12H21N/c1-3-4-7-10-13-11(2)12-8-5-6-9-12/h11-13H,5-10H2,1-2H3/t11-/m0/s1. The minimum Gasteiger partial charge on any atom is -0.313 e. The Balaban J connectivity index is 2.08. The van der Waals surface area contributed by atoms with Crippen LogP contribution in [-0.2, 0) is 0 Å². The summed E-state index contributed by atoms with van der Waals surface area (Å²) in [5, 5.41) is 3.56. The van der Waals surface area contributed by atoms with Gasteiger partial charge in [-0.05, 0) is 32.6 Å². The second-order valence-corrected chi connectivity index (χ2v) is 3.96. The summed E-state index contributed by atoms with van der Waals surface area (Å²) in [5.41, 5.74) is 0. The lowest BCUT2D eigenvalue weighted by Gasteiger charge is -2.19. The molecule has 0 aromatic heterocycles. The molecule has 1 nitrogen and oxygen atoms in total. The summed E-state index contributed by atoms with van der Waals surface area (Å²) in [6, 6.07) is 0.696. The van der Waals surface area contributed by atoms with Crippen LogP contribution in [0.15, 0.2) is 0 Å². The lowest BCUT2D eigenvalue weighted by Crippen LogP contribution is -2.32. The lowest BCUT2D eigenvalue weighted by atomic mass is 10.00. The third-order valence-corrected chi connectivity index (χ3v) is 3.00. The van der Waals surface area contributed by atoms with Crippen LogP contribution in [0.2, 0.25) is 0 Å². The van der Waals surface area contributed by atoms with Gasteiger partial charge in [-0.3, -0.25) is 0 Å². The van der Waals surface area contributed by atoms with Gasteiger partial charge in [0, 0.05) is 19.0 Å². The van der Waals surface area contributed by atoms with Crippen molar-refractivity contribution in [3.8, 4) is 11.8 Å². The van der Waals surface area contributed by atoms with Crippen LogP contribution in [0.1, 0.15) is 46.0 Å². The molecule has 1 saturated carbocycles. The highest BCUT2D eigenvalue weighted by molar-refractivity contribution is 4.95. The number of hydrogen-bond donors (Lipinski definition) is 1. The van der Waals surface area contributed by atoms with E-state index in [-0.39, 0.29) is 0 Å². The number of nitrogens with one attached hydrogen (secondary N) is 1. The molecule has 13 heavy (non-hydrogen) atoms. The molecule has 1 fully saturated rings. The van der Waals surface area contributed by atoms with Gasteiger partial charge in [0.2, 0.25) is 0 Å². The van der Waals surface area contributed by atoms with Crippen molar-refractivity contribution in [1.29, 1.82) is 0 Å². The van der Waals surface area contributed by atoms with Crippen molar-refractivity contribution in [3.63, 3.8) is 0 Å². The van der Waals surface area contributed by atoms with E-state index in [1.165, 1.54) is 25.7 Å². The van der Waals surface area contributed by atoms with Crippen molar-refractivity contribution in [3.05, 3.63) is 0 Å². The zero-order valence-corrected chi connectivity index (χ0v) is 8.90. The highest BCUT2D eigenvalue weighted by Gasteiger charge is 2.20. The highest BCUT2D eigenvalue weighted by Crippen LogP contribution is 2.27. The first kappa shape index (κ1) is 10.6. The van der Waals surface area contributed by atoms with Gasteiger partial charge in [-0.1, -0.05) is 12.8 Å². The molecule has 1 atom stereocenters. The van der Waals surface area contributed by atoms with Crippen LogP contribution in [0.4, 0.5) is 0 Å². The fraction of sp³-hybridized carbons (Fsp3) is 0.833. The van der Waals surface area contributed by atoms with Crippen LogP contribution in [0.3, 0.4) is 0 Å². The molecular formula is C12H21N. The van der Waals surface area contributed by atoms with Crippen LogP contribution < -0.4 is 5.32 Å². The van der Waals surface area contributed by atoms with Gasteiger partial charge < -0.3 is 5.32 Å². The van der Waals surface area contributed by atoms with E-state index in [1.54, 1.807) is 0 Å². The Morgan fingerprint density at radius 1 is 1.38 bits per heavy atom. The van der Waals surface area contributed by atoms with Gasteiger partial charge in [0.25, 0.3) is 0 Å². The van der Waals surface area contributed by atoms with Crippen molar-refractivity contribution >= 4 is 0 Å². The molecule has 0 radical (unpaired) electrons. The molecule has 0 spiro atoms. The fourth-order valence-electron chi connectivity index (χ4n) is 2.11. The predicted molar refractivity (Wildman–Crippen MR) is 57.5 cm³/mol. The first-order valence-corrected chi connectivity index (χ1v) is 5.47. The van der Waals surface area contributed by atoms with Crippen molar-refractivity contribution in [2.45, 2.75) is 52.0 Å². The Labute approximate surface area is 82.3 Å². The normalized spacial score (nSPS) is 19.5. The molecule has 0 heterocycles. The quantitative estimate of drug-likeness (QED) is 0.516. The van der Waals surface area contributed by atoms with E-state index in [2.05, 4.69) is 24.1 Å². The van der Waals surface area contributed by atoms with Crippen LogP contribution in [0.25, 0.3) is 0 Å². The van der Waals surface area contributed by atoms with Gasteiger partial charge in [0.05, 0.1) is 0 Å². The average molecular weight is 179 g/mol. The SMILES string of the molecule is CC#CCCN[C@@H](C)C1CCCC1. The molecule has 0 amide bonds. The molecule has 0 aromatic rings. The molecule has 1 rings (SSSR count). The molecule has 74 valence electrons. The first-order valence-electron chi connectivity index (χ1n) is 5.47. The zero-order valence-electron chi connectivity index (χ0n) is 8.90. The maximum Gasteiger partial charge on any atom is 0.0214 e. The maximum absolute atomic E-state index is 3.56. The summed E-state index contributed by atoms with van der Waals surface area (Å²) < 4.78 is 0. The summed E-state index contributed by atoms with van der Waals surface area (Å²) in [5.74, 6) is 6.93. The Hall–Kier alpha value is -0.480. The lowest BCUT2D eigenvalue weighted by molar-refractivity contribution is 0.385. The minimum absolute atomic E-state index is 0.696. The number of rotatable bonds is 4. The van der Waals surface area contributed by atoms with E-state index in [9.17, 15) is 0 Å². The topological polar surface area (TPSA) is 12.0 Å². The van der Waals surface area contributed by atoms with E-state index in [0.29, 0.717) is 6.04 Å². The third-order valence-electron chi connectivity index (χ3n) is 3.00. The molecule has 0 bridgehead atoms. The van der Waals surface area contributed by atoms with Gasteiger partial charge in [-0.2, -0.15) is 0 Å². The molecule has 0 aliphatic heterocycles. The summed E-state index contributed by atoms with van der Waals surface area (Å²) in [6.45, 7) is 5.27. The van der Waals surface area contributed by atoms with E-state index >= 15 is 0 Å². The third kappa shape index (κ3) is 3.83. The largest absolute Gasteiger partial charge is 0.313 e. The Bertz CT molecular complexity index is 181. The maximum atomic E-state index is 3.56. The molecule has 1 aliphatic rings. The fourth-order valence-corrected chi connectivity index (χ4v) is 2.11. The van der Waals surface area contributed by atoms with Gasteiger partial charge in [0.1, 0.15) is 0 Å². The van der Waals surface area contributed by atoms with E-state index in [1.807, 2.05) is 6.92 Å². The van der Waals surface area contributed by atoms with Gasteiger partial charge in [-0.15, -0.1) is 11.8 Å². The molecule has 0 aromatic carbocycles. The first-order chi connectivity index (χ1) is 6.34. The molecule has 0 unspecified atom stereocenters. The summed E-state index contributed by atoms with van der Waals surface area (Å²) in [7, 11) is 0. The van der Waals surface area contributed by atoms with Crippen molar-refractivity contribution in [2.24, 2.45) is 5.92 Å². The van der Waals surface area contributed by atoms with Crippen molar-refractivity contribution < 1.29 is 0 Å². The predicted octanol–water partition coefficient (Wildman–Crippen LogP) is 2.57. The molecule has 0 saturated heterocycles. The summed E-state index contributed by atoms with van der Waals surface area (Å²) in [4.78, 5) is 0. The number of hydrogen-bond acceptors (Lipinski definition) is 1. The molecule has 1 N–H and O–H groups in total. The Morgan fingerprint density at radius 3 is 2.69 bits per heavy atom. The van der Waals surface area contributed by atoms with Crippen LogP contribution in [0, 0.1) is 17.8 Å². The summed E-state index contributed by atoms with van der Waals surface area (Å²) >= 11 is 0. The van der Waals surface area contributed by atoms with Gasteiger partial charge >= 0.3 is 0 Å². The summed E-state index contributed by atoms with van der Waals surface area (Å²) in [6.07, 6.45) is 6.71. The second kappa shape index (κ2) is 6.05. The average Bonchev–Trinajstić information content (AvgIpc) is 2.65. The van der Waals surface area contributed by atoms with Crippen LogP contribution >= 0.6 is 0 Å². The Morgan fingerprint density at radius 2 is 2.08 bits per heavy atom. The van der Waals surface area contributed by atoms with Crippen molar-refractivity contribution in [2.75, 3.05) is 6.54 Å². The zero-order chi connectivity index (χ0) is 9.52. The molecule has 1 heteroatoms. The second-order valence-electron chi connectivity index (χ2n) is 3.96. The van der Waals surface area contributed by atoms with Crippen molar-refractivity contribution in [1.82, 2.24) is 5.32 Å². The van der Waals surface area contributed by atoms with Crippen LogP contribution in [0.5, 0.6) is 0 Å². The van der Waals surface area contributed by atoms with Gasteiger partial charge in [-0.25, -0.2) is 0 Å².